The van der Waals surface area contributed by atoms with Gasteiger partial charge in [0, 0.05) is 17.2 Å². The summed E-state index contributed by atoms with van der Waals surface area (Å²) in [6, 6.07) is 12.7. The zero-order valence-electron chi connectivity index (χ0n) is 26.8. The molecular weight excluding hydrogens is 534 g/mol. The van der Waals surface area contributed by atoms with Crippen molar-refractivity contribution in [3.8, 4) is 5.75 Å². The third-order valence-corrected chi connectivity index (χ3v) is 17.2. The first kappa shape index (κ1) is 34.3. The molecule has 1 aromatic carbocycles. The Hall–Kier alpha value is -1.85. The maximum absolute atomic E-state index is 13.8. The van der Waals surface area contributed by atoms with E-state index in [4.69, 9.17) is 9.47 Å². The molecule has 6 heteroatoms. The number of hydrogen-bond acceptors (Lipinski definition) is 3. The first-order valence-electron chi connectivity index (χ1n) is 15.1. The molecule has 0 aliphatic heterocycles. The summed E-state index contributed by atoms with van der Waals surface area (Å²) in [6.07, 6.45) is 6.54. The van der Waals surface area contributed by atoms with Crippen LogP contribution in [0.2, 0.25) is 16.6 Å². The number of aromatic nitrogens is 1. The van der Waals surface area contributed by atoms with Crippen LogP contribution in [0.4, 0.5) is 4.79 Å². The van der Waals surface area contributed by atoms with Gasteiger partial charge in [-0.2, -0.15) is 4.79 Å². The summed E-state index contributed by atoms with van der Waals surface area (Å²) < 4.78 is 14.0. The van der Waals surface area contributed by atoms with Crippen LogP contribution in [0.1, 0.15) is 94.1 Å². The second kappa shape index (κ2) is 13.9. The lowest BCUT2D eigenvalue weighted by Gasteiger charge is -2.45. The largest absolute Gasteiger partial charge is 1.00 e. The molecule has 0 saturated heterocycles. The fraction of sp³-hybridized carbons (Fsp3) is 0.647. The summed E-state index contributed by atoms with van der Waals surface area (Å²) in [7, 11) is -0.320. The first-order valence-corrected chi connectivity index (χ1v) is 17.4. The Bertz CT molecular complexity index is 1080. The summed E-state index contributed by atoms with van der Waals surface area (Å²) in [5.41, 5.74) is 2.70. The molecule has 2 aromatic rings. The van der Waals surface area contributed by atoms with Gasteiger partial charge in [-0.3, -0.25) is 0 Å². The molecule has 1 fully saturated rings. The third-order valence-electron chi connectivity index (χ3n) is 10.2. The van der Waals surface area contributed by atoms with Crippen molar-refractivity contribution in [1.29, 1.82) is 0 Å². The van der Waals surface area contributed by atoms with Crippen molar-refractivity contribution in [1.82, 2.24) is 0 Å². The second-order valence-electron chi connectivity index (χ2n) is 13.7. The number of benzene rings is 1. The van der Waals surface area contributed by atoms with Crippen molar-refractivity contribution < 1.29 is 31.2 Å². The van der Waals surface area contributed by atoms with Gasteiger partial charge in [0.1, 0.15) is 19.9 Å². The highest BCUT2D eigenvalue weighted by molar-refractivity contribution is 6.95. The minimum Gasteiger partial charge on any atom is -1.00 e. The van der Waals surface area contributed by atoms with Crippen molar-refractivity contribution in [3.63, 3.8) is 0 Å². The normalized spacial score (nSPS) is 20.1. The SMILES string of the molecule is COc1cc[n+](C(=O)O[C@@H]2CC[C@@H](C(C)C)C[C@H]2C(C)(C)c2ccccc2)cc1[Si](C(C)C)(C(C)C)C(C)C.[Cl-]. The Balaban J connectivity index is 0.00000560. The Morgan fingerprint density at radius 2 is 1.50 bits per heavy atom. The van der Waals surface area contributed by atoms with E-state index in [1.165, 1.54) is 10.8 Å². The molecule has 0 amide bonds. The smallest absolute Gasteiger partial charge is 0.602 e. The van der Waals surface area contributed by atoms with E-state index in [1.54, 1.807) is 11.7 Å². The van der Waals surface area contributed by atoms with Gasteiger partial charge in [-0.1, -0.05) is 104 Å². The van der Waals surface area contributed by atoms with Gasteiger partial charge in [0.25, 0.3) is 0 Å². The Labute approximate surface area is 251 Å². The van der Waals surface area contributed by atoms with E-state index in [-0.39, 0.29) is 35.9 Å². The van der Waals surface area contributed by atoms with Crippen LogP contribution in [0.25, 0.3) is 0 Å². The zero-order valence-corrected chi connectivity index (χ0v) is 28.6. The molecule has 4 nitrogen and oxygen atoms in total. The molecule has 1 heterocycles. The quantitative estimate of drug-likeness (QED) is 0.296. The molecule has 1 aromatic heterocycles. The van der Waals surface area contributed by atoms with Gasteiger partial charge in [0.2, 0.25) is 0 Å². The number of carbonyl (C=O) groups is 1. The van der Waals surface area contributed by atoms with Crippen LogP contribution in [0.5, 0.6) is 5.75 Å². The maximum Gasteiger partial charge on any atom is 0.602 e. The number of rotatable bonds is 9. The standard InChI is InChI=1S/C34H54NO3Si.ClH/c1-23(2)27-17-18-30(29(21-27)34(9,10)28-15-13-12-14-16-28)38-33(36)35-20-19-31(37-11)32(22-35)39(24(3)4,25(5)6)26(7)8;/h12-16,19-20,22-27,29-30H,17-18,21H2,1-11H3;1H/q+1;/p-1/t27-,29-,30-;/m1./s1. The summed E-state index contributed by atoms with van der Waals surface area (Å²) >= 11 is 0. The van der Waals surface area contributed by atoms with Crippen LogP contribution in [0.3, 0.4) is 0 Å². The number of hydrogen-bond donors (Lipinski definition) is 0. The van der Waals surface area contributed by atoms with Gasteiger partial charge >= 0.3 is 6.09 Å². The maximum atomic E-state index is 13.8. The van der Waals surface area contributed by atoms with Crippen LogP contribution in [0, 0.1) is 17.8 Å². The fourth-order valence-corrected chi connectivity index (χ4v) is 14.8. The number of methoxy groups -OCH3 is 1. The van der Waals surface area contributed by atoms with E-state index in [9.17, 15) is 4.79 Å². The number of halogens is 1. The average Bonchev–Trinajstić information content (AvgIpc) is 2.88. The van der Waals surface area contributed by atoms with Crippen LogP contribution in [-0.4, -0.2) is 27.4 Å². The average molecular weight is 588 g/mol. The number of carbonyl (C=O) groups excluding carboxylic acids is 1. The molecule has 0 bridgehead atoms. The lowest BCUT2D eigenvalue weighted by molar-refractivity contribution is -0.587. The predicted molar refractivity (Wildman–Crippen MR) is 165 cm³/mol. The van der Waals surface area contributed by atoms with Crippen molar-refractivity contribution in [2.75, 3.05) is 7.11 Å². The van der Waals surface area contributed by atoms with Gasteiger partial charge in [0.05, 0.1) is 7.11 Å². The van der Waals surface area contributed by atoms with Crippen LogP contribution in [0.15, 0.2) is 48.8 Å². The van der Waals surface area contributed by atoms with Crippen LogP contribution >= 0.6 is 0 Å². The lowest BCUT2D eigenvalue weighted by Crippen LogP contribution is -3.00. The number of ether oxygens (including phenoxy) is 2. The second-order valence-corrected chi connectivity index (χ2v) is 19.5. The minimum absolute atomic E-state index is 0. The minimum atomic E-state index is -2.06. The van der Waals surface area contributed by atoms with Gasteiger partial charge < -0.3 is 21.9 Å². The topological polar surface area (TPSA) is 39.4 Å². The molecule has 0 spiro atoms. The van der Waals surface area contributed by atoms with Gasteiger partial charge in [-0.05, 0) is 58.7 Å². The van der Waals surface area contributed by atoms with Crippen LogP contribution in [-0.2, 0) is 10.2 Å². The van der Waals surface area contributed by atoms with E-state index in [2.05, 4.69) is 99.6 Å². The number of nitrogens with zero attached hydrogens (tertiary/aromatic N) is 1. The van der Waals surface area contributed by atoms with Crippen molar-refractivity contribution in [3.05, 3.63) is 54.4 Å². The molecule has 40 heavy (non-hydrogen) atoms. The Morgan fingerprint density at radius 3 is 2.00 bits per heavy atom. The van der Waals surface area contributed by atoms with Gasteiger partial charge in [-0.25, -0.2) is 0 Å². The molecule has 0 radical (unpaired) electrons. The first-order chi connectivity index (χ1) is 18.3. The predicted octanol–water partition coefficient (Wildman–Crippen LogP) is 5.28. The van der Waals surface area contributed by atoms with Crippen molar-refractivity contribution >= 4 is 19.4 Å². The van der Waals surface area contributed by atoms with Crippen molar-refractivity contribution in [2.24, 2.45) is 17.8 Å². The highest BCUT2D eigenvalue weighted by Gasteiger charge is 2.49. The van der Waals surface area contributed by atoms with E-state index in [0.717, 1.165) is 25.0 Å². The molecule has 0 unspecified atom stereocenters. The summed E-state index contributed by atoms with van der Waals surface area (Å²) in [4.78, 5) is 13.8. The number of pyridine rings is 1. The van der Waals surface area contributed by atoms with E-state index in [0.29, 0.717) is 28.5 Å². The summed E-state index contributed by atoms with van der Waals surface area (Å²) in [5, 5.41) is 1.22. The molecule has 3 rings (SSSR count). The monoisotopic (exact) mass is 587 g/mol. The molecule has 224 valence electrons. The summed E-state index contributed by atoms with van der Waals surface area (Å²) in [5.74, 6) is 2.40. The highest BCUT2D eigenvalue weighted by Crippen LogP contribution is 2.46. The Kier molecular flexibility index (Phi) is 11.9. The van der Waals surface area contributed by atoms with E-state index >= 15 is 0 Å². The third kappa shape index (κ3) is 6.62. The highest BCUT2D eigenvalue weighted by atomic mass is 35.5. The molecule has 3 atom stereocenters. The van der Waals surface area contributed by atoms with E-state index in [1.807, 2.05) is 18.5 Å². The fourth-order valence-electron chi connectivity index (χ4n) is 7.99. The lowest BCUT2D eigenvalue weighted by atomic mass is 9.62. The van der Waals surface area contributed by atoms with Crippen LogP contribution < -0.4 is 26.9 Å². The summed E-state index contributed by atoms with van der Waals surface area (Å²) in [6.45, 7) is 23.3. The molecule has 1 saturated carbocycles. The molecule has 1 aliphatic carbocycles. The van der Waals surface area contributed by atoms with Gasteiger partial charge in [0.15, 0.2) is 12.4 Å². The Morgan fingerprint density at radius 1 is 0.925 bits per heavy atom. The molecule has 1 aliphatic rings. The van der Waals surface area contributed by atoms with Gasteiger partial charge in [-0.15, -0.1) is 0 Å². The molecule has 0 N–H and O–H groups in total. The van der Waals surface area contributed by atoms with Crippen molar-refractivity contribution in [2.45, 2.75) is 117 Å². The molecular formula is C34H54ClNO3Si. The van der Waals surface area contributed by atoms with E-state index < -0.39 is 8.07 Å². The zero-order chi connectivity index (χ0) is 29.1.